The fourth-order valence-corrected chi connectivity index (χ4v) is 4.59. The number of nitrogens with one attached hydrogen (secondary N) is 1. The minimum absolute atomic E-state index is 0.0758. The molecule has 3 aromatic heterocycles. The number of fused-ring (bicyclic) bond motifs is 1. The van der Waals surface area contributed by atoms with Crippen molar-refractivity contribution in [3.8, 4) is 11.3 Å². The van der Waals surface area contributed by atoms with Gasteiger partial charge in [0.05, 0.1) is 12.2 Å². The molecule has 1 aliphatic rings. The van der Waals surface area contributed by atoms with Gasteiger partial charge in [-0.2, -0.15) is 0 Å². The summed E-state index contributed by atoms with van der Waals surface area (Å²) >= 11 is 0. The second-order valence-electron chi connectivity index (χ2n) is 9.26. The molecule has 5 rings (SSSR count). The number of nitrogens with two attached hydrogens (primary N) is 1. The zero-order valence-electron chi connectivity index (χ0n) is 22.0. The zero-order valence-corrected chi connectivity index (χ0v) is 22.0. The number of nitrogens with zero attached hydrogens (tertiary/aromatic N) is 5. The van der Waals surface area contributed by atoms with Crippen molar-refractivity contribution in [2.75, 3.05) is 44.9 Å². The number of nitrogen functional groups attached to an aromatic ring is 1. The molecule has 10 nitrogen and oxygen atoms in total. The fourth-order valence-electron chi connectivity index (χ4n) is 4.59. The van der Waals surface area contributed by atoms with Gasteiger partial charge in [0, 0.05) is 50.1 Å². The molecule has 11 heteroatoms. The molecule has 204 valence electrons. The summed E-state index contributed by atoms with van der Waals surface area (Å²) in [5.74, 6) is 0.584. The average Bonchev–Trinajstić information content (AvgIpc) is 3.34. The number of benzene rings is 1. The van der Waals surface area contributed by atoms with Gasteiger partial charge in [0.25, 0.3) is 5.91 Å². The molecule has 1 aromatic carbocycles. The lowest BCUT2D eigenvalue weighted by molar-refractivity contribution is -0.108. The Morgan fingerprint density at radius 3 is 2.77 bits per heavy atom. The first-order chi connectivity index (χ1) is 18.9. The van der Waals surface area contributed by atoms with Crippen LogP contribution in [0.1, 0.15) is 41.4 Å². The van der Waals surface area contributed by atoms with Crippen molar-refractivity contribution in [2.45, 2.75) is 25.2 Å². The highest BCUT2D eigenvalue weighted by molar-refractivity contribution is 6.04. The molecule has 0 radical (unpaired) electrons. The maximum Gasteiger partial charge on any atom is 0.259 e. The molecule has 0 bridgehead atoms. The van der Waals surface area contributed by atoms with Crippen LogP contribution in [0.4, 0.5) is 16.0 Å². The van der Waals surface area contributed by atoms with Gasteiger partial charge in [0.15, 0.2) is 0 Å². The van der Waals surface area contributed by atoms with E-state index in [0.717, 1.165) is 38.0 Å². The first-order valence-electron chi connectivity index (χ1n) is 12.7. The molecule has 1 fully saturated rings. The van der Waals surface area contributed by atoms with E-state index in [1.54, 1.807) is 43.8 Å². The number of carbonyl (C=O) groups is 2. The van der Waals surface area contributed by atoms with Gasteiger partial charge in [0.1, 0.15) is 40.8 Å². The van der Waals surface area contributed by atoms with Crippen molar-refractivity contribution in [1.82, 2.24) is 24.3 Å². The van der Waals surface area contributed by atoms with E-state index in [4.69, 9.17) is 10.7 Å². The van der Waals surface area contributed by atoms with Gasteiger partial charge in [-0.25, -0.2) is 19.3 Å². The van der Waals surface area contributed by atoms with Crippen LogP contribution in [0.2, 0.25) is 0 Å². The van der Waals surface area contributed by atoms with E-state index in [1.807, 2.05) is 10.6 Å². The minimum Gasteiger partial charge on any atom is -0.384 e. The number of likely N-dealkylation sites (tertiary alicyclic amines) is 1. The summed E-state index contributed by atoms with van der Waals surface area (Å²) in [7, 11) is 3.67. The number of imidazole rings is 1. The summed E-state index contributed by atoms with van der Waals surface area (Å²) in [6.45, 7) is 2.49. The quantitative estimate of drug-likeness (QED) is 0.271. The Labute approximate surface area is 226 Å². The second-order valence-corrected chi connectivity index (χ2v) is 9.26. The van der Waals surface area contributed by atoms with Crippen molar-refractivity contribution in [2.24, 2.45) is 0 Å². The number of ether oxygens (including phenoxy) is 1. The monoisotopic (exact) mass is 533 g/mol. The SMILES string of the molecule is CN1CCCC(c2nc(-c3ccc(C(=O)Nc4ccccn4)c(F)c3)c3c(N)nccn23)C1.COCCC=O. The number of anilines is 2. The number of halogens is 1. The molecule has 1 aliphatic heterocycles. The standard InChI is InChI=1S/C24H24FN7O.C4H8O2/c1-31-11-4-5-16(14-31)23-30-20(21-22(26)28-10-12-32(21)23)15-7-8-17(18(25)13-15)24(33)29-19-6-2-3-9-27-19;1-6-4-2-3-5/h2-3,6-10,12-13,16H,4-5,11,14H2,1H3,(H2,26,28)(H,27,29,33);3H,2,4H2,1H3. The summed E-state index contributed by atoms with van der Waals surface area (Å²) in [4.78, 5) is 37.5. The predicted octanol–water partition coefficient (Wildman–Crippen LogP) is 3.80. The van der Waals surface area contributed by atoms with Crippen LogP contribution in [-0.2, 0) is 9.53 Å². The molecular formula is C28H32FN7O3. The first-order valence-corrected chi connectivity index (χ1v) is 12.7. The number of hydrogen-bond donors (Lipinski definition) is 2. The Morgan fingerprint density at radius 2 is 2.10 bits per heavy atom. The van der Waals surface area contributed by atoms with Crippen LogP contribution in [0, 0.1) is 5.82 Å². The number of hydrogen-bond acceptors (Lipinski definition) is 8. The fraction of sp³-hybridized carbons (Fsp3) is 0.321. The van der Waals surface area contributed by atoms with Crippen molar-refractivity contribution in [3.63, 3.8) is 0 Å². The Bertz CT molecular complexity index is 1430. The van der Waals surface area contributed by atoms with E-state index in [9.17, 15) is 9.59 Å². The molecule has 0 aliphatic carbocycles. The number of methoxy groups -OCH3 is 1. The summed E-state index contributed by atoms with van der Waals surface area (Å²) in [5.41, 5.74) is 7.88. The Kier molecular flexibility index (Phi) is 9.29. The highest BCUT2D eigenvalue weighted by Crippen LogP contribution is 2.34. The lowest BCUT2D eigenvalue weighted by Gasteiger charge is -2.28. The van der Waals surface area contributed by atoms with Gasteiger partial charge in [-0.05, 0) is 50.7 Å². The zero-order chi connectivity index (χ0) is 27.8. The predicted molar refractivity (Wildman–Crippen MR) is 147 cm³/mol. The Hall–Kier alpha value is -4.22. The van der Waals surface area contributed by atoms with Crippen LogP contribution < -0.4 is 11.1 Å². The van der Waals surface area contributed by atoms with Gasteiger partial charge in [-0.3, -0.25) is 9.20 Å². The summed E-state index contributed by atoms with van der Waals surface area (Å²) in [5, 5.41) is 2.60. The number of carbonyl (C=O) groups excluding carboxylic acids is 2. The van der Waals surface area contributed by atoms with E-state index in [-0.39, 0.29) is 11.5 Å². The Morgan fingerprint density at radius 1 is 1.26 bits per heavy atom. The lowest BCUT2D eigenvalue weighted by atomic mass is 9.98. The highest BCUT2D eigenvalue weighted by Gasteiger charge is 2.26. The molecule has 1 atom stereocenters. The third-order valence-corrected chi connectivity index (χ3v) is 6.43. The van der Waals surface area contributed by atoms with Gasteiger partial charge >= 0.3 is 0 Å². The molecular weight excluding hydrogens is 501 g/mol. The molecule has 39 heavy (non-hydrogen) atoms. The molecule has 1 unspecified atom stereocenters. The minimum atomic E-state index is -0.650. The number of pyridine rings is 1. The van der Waals surface area contributed by atoms with Crippen molar-refractivity contribution in [3.05, 3.63) is 72.2 Å². The Balaban J connectivity index is 0.000000531. The number of aldehydes is 1. The second kappa shape index (κ2) is 13.0. The lowest BCUT2D eigenvalue weighted by Crippen LogP contribution is -2.31. The van der Waals surface area contributed by atoms with E-state index in [0.29, 0.717) is 41.4 Å². The van der Waals surface area contributed by atoms with E-state index < -0.39 is 11.7 Å². The van der Waals surface area contributed by atoms with Gasteiger partial charge in [-0.15, -0.1) is 0 Å². The van der Waals surface area contributed by atoms with Crippen LogP contribution >= 0.6 is 0 Å². The van der Waals surface area contributed by atoms with Crippen LogP contribution in [0.25, 0.3) is 16.8 Å². The topological polar surface area (TPSA) is 128 Å². The van der Waals surface area contributed by atoms with Crippen molar-refractivity contribution < 1.29 is 18.7 Å². The maximum atomic E-state index is 15.0. The van der Waals surface area contributed by atoms with Crippen molar-refractivity contribution in [1.29, 1.82) is 0 Å². The summed E-state index contributed by atoms with van der Waals surface area (Å²) in [6.07, 6.45) is 8.50. The van der Waals surface area contributed by atoms with Gasteiger partial charge in [-0.1, -0.05) is 12.1 Å². The number of piperidine rings is 1. The molecule has 4 aromatic rings. The van der Waals surface area contributed by atoms with Gasteiger partial charge < -0.3 is 25.5 Å². The van der Waals surface area contributed by atoms with Crippen LogP contribution in [0.5, 0.6) is 0 Å². The molecule has 3 N–H and O–H groups in total. The van der Waals surface area contributed by atoms with E-state index in [1.165, 1.54) is 12.1 Å². The number of rotatable bonds is 7. The maximum absolute atomic E-state index is 15.0. The summed E-state index contributed by atoms with van der Waals surface area (Å²) in [6, 6.07) is 9.57. The smallest absolute Gasteiger partial charge is 0.259 e. The number of amides is 1. The third kappa shape index (κ3) is 6.62. The van der Waals surface area contributed by atoms with Crippen LogP contribution in [0.3, 0.4) is 0 Å². The summed E-state index contributed by atoms with van der Waals surface area (Å²) < 4.78 is 21.5. The largest absolute Gasteiger partial charge is 0.384 e. The average molecular weight is 534 g/mol. The number of aromatic nitrogens is 4. The van der Waals surface area contributed by atoms with Crippen molar-refractivity contribution >= 4 is 29.3 Å². The third-order valence-electron chi connectivity index (χ3n) is 6.43. The van der Waals surface area contributed by atoms with Gasteiger partial charge in [0.2, 0.25) is 0 Å². The van der Waals surface area contributed by atoms with Crippen LogP contribution in [0.15, 0.2) is 55.0 Å². The molecule has 1 saturated heterocycles. The van der Waals surface area contributed by atoms with E-state index >= 15 is 4.39 Å². The first kappa shape index (κ1) is 27.8. The van der Waals surface area contributed by atoms with Crippen LogP contribution in [-0.4, -0.2) is 70.3 Å². The molecule has 0 spiro atoms. The normalized spacial score (nSPS) is 15.4. The molecule has 4 heterocycles. The highest BCUT2D eigenvalue weighted by atomic mass is 19.1. The van der Waals surface area contributed by atoms with E-state index in [2.05, 4.69) is 32.0 Å². The molecule has 0 saturated carbocycles. The molecule has 1 amide bonds. The number of likely N-dealkylation sites (N-methyl/N-ethyl adjacent to an activating group) is 1.